The van der Waals surface area contributed by atoms with E-state index in [4.69, 9.17) is 6.42 Å². The summed E-state index contributed by atoms with van der Waals surface area (Å²) in [5, 5.41) is 13.9. The average Bonchev–Trinajstić information content (AvgIpc) is 3.63. The topological polar surface area (TPSA) is 33.6 Å². The van der Waals surface area contributed by atoms with Gasteiger partial charge in [0.15, 0.2) is 0 Å². The Hall–Kier alpha value is -6.55. The number of aromatic nitrogens is 2. The molecule has 0 aliphatic rings. The number of rotatable bonds is 5. The zero-order valence-electron chi connectivity index (χ0n) is 25.9. The molecule has 0 saturated carbocycles. The van der Waals surface area contributed by atoms with E-state index < -0.39 is 0 Å². The number of hydrogen-bond acceptors (Lipinski definition) is 1. The third kappa shape index (κ3) is 4.38. The minimum Gasteiger partial charge on any atom is -0.309 e. The van der Waals surface area contributed by atoms with E-state index >= 15 is 0 Å². The molecule has 0 unspecified atom stereocenters. The number of nitrogens with zero attached hydrogens (tertiary/aromatic N) is 3. The number of fused-ring (bicyclic) bond motifs is 4. The molecule has 6 aromatic carbocycles. The lowest BCUT2D eigenvalue weighted by Gasteiger charge is -2.18. The molecule has 0 saturated heterocycles. The van der Waals surface area contributed by atoms with Crippen molar-refractivity contribution in [1.29, 1.82) is 5.26 Å². The number of terminal acetylenes is 1. The summed E-state index contributed by atoms with van der Waals surface area (Å²) < 4.78 is 4.52. The Labute approximate surface area is 273 Å². The maximum Gasteiger partial charge on any atom is 0.0998 e. The molecule has 0 spiro atoms. The standard InChI is InChI=1S/C44H29N3/c1-3-14-39-33(4-2)35-17-7-10-21-40(35)46(39)32-27-25-30(26-28-32)34-16-5-6-20-38(34)44-31(29-45)15-13-24-43(44)47-41-22-11-8-18-36(41)37-19-9-12-23-42(37)47/h2-3,5-28H,1H3/b14-3-. The van der Waals surface area contributed by atoms with Crippen LogP contribution in [0.5, 0.6) is 0 Å². The molecule has 220 valence electrons. The van der Waals surface area contributed by atoms with Crippen LogP contribution in [0, 0.1) is 23.7 Å². The summed E-state index contributed by atoms with van der Waals surface area (Å²) in [7, 11) is 0. The lowest BCUT2D eigenvalue weighted by Crippen LogP contribution is -2.00. The third-order valence-electron chi connectivity index (χ3n) is 9.00. The molecule has 2 heterocycles. The molecule has 0 N–H and O–H groups in total. The van der Waals surface area contributed by atoms with Crippen molar-refractivity contribution in [2.24, 2.45) is 0 Å². The van der Waals surface area contributed by atoms with Gasteiger partial charge in [-0.25, -0.2) is 0 Å². The van der Waals surface area contributed by atoms with Gasteiger partial charge in [-0.3, -0.25) is 0 Å². The lowest BCUT2D eigenvalue weighted by molar-refractivity contribution is 1.10. The first-order valence-corrected chi connectivity index (χ1v) is 15.7. The summed E-state index contributed by atoms with van der Waals surface area (Å²) in [4.78, 5) is 0. The predicted molar refractivity (Wildman–Crippen MR) is 196 cm³/mol. The third-order valence-corrected chi connectivity index (χ3v) is 9.00. The van der Waals surface area contributed by atoms with Crippen LogP contribution in [0.1, 0.15) is 23.7 Å². The Kier molecular flexibility index (Phi) is 6.80. The lowest BCUT2D eigenvalue weighted by atomic mass is 9.90. The van der Waals surface area contributed by atoms with E-state index in [1.54, 1.807) is 0 Å². The average molecular weight is 600 g/mol. The smallest absolute Gasteiger partial charge is 0.0998 e. The summed E-state index contributed by atoms with van der Waals surface area (Å²) in [6.45, 7) is 2.01. The fourth-order valence-electron chi connectivity index (χ4n) is 7.03. The highest BCUT2D eigenvalue weighted by molar-refractivity contribution is 6.10. The number of hydrogen-bond donors (Lipinski definition) is 0. The van der Waals surface area contributed by atoms with Crippen LogP contribution < -0.4 is 0 Å². The molecule has 3 nitrogen and oxygen atoms in total. The van der Waals surface area contributed by atoms with Gasteiger partial charge in [-0.1, -0.05) is 109 Å². The highest BCUT2D eigenvalue weighted by Crippen LogP contribution is 2.41. The molecule has 0 aliphatic carbocycles. The quantitative estimate of drug-likeness (QED) is 0.181. The molecule has 8 aromatic rings. The summed E-state index contributed by atoms with van der Waals surface area (Å²) >= 11 is 0. The van der Waals surface area contributed by atoms with Crippen LogP contribution in [0.2, 0.25) is 0 Å². The van der Waals surface area contributed by atoms with Crippen LogP contribution in [0.4, 0.5) is 0 Å². The van der Waals surface area contributed by atoms with Gasteiger partial charge in [0.05, 0.1) is 45.1 Å². The van der Waals surface area contributed by atoms with Gasteiger partial charge >= 0.3 is 0 Å². The summed E-state index contributed by atoms with van der Waals surface area (Å²) in [5.41, 5.74) is 11.8. The van der Waals surface area contributed by atoms with Crippen molar-refractivity contribution in [3.8, 4) is 52.0 Å². The summed E-state index contributed by atoms with van der Waals surface area (Å²) in [6.07, 6.45) is 10.1. The second-order valence-corrected chi connectivity index (χ2v) is 11.5. The second kappa shape index (κ2) is 11.4. The van der Waals surface area contributed by atoms with Crippen molar-refractivity contribution < 1.29 is 0 Å². The van der Waals surface area contributed by atoms with Gasteiger partial charge in [0.25, 0.3) is 0 Å². The van der Waals surface area contributed by atoms with Gasteiger partial charge < -0.3 is 9.13 Å². The van der Waals surface area contributed by atoms with Crippen LogP contribution in [-0.4, -0.2) is 9.13 Å². The van der Waals surface area contributed by atoms with E-state index in [2.05, 4.69) is 136 Å². The van der Waals surface area contributed by atoms with Crippen molar-refractivity contribution in [1.82, 2.24) is 9.13 Å². The first kappa shape index (κ1) is 28.0. The highest BCUT2D eigenvalue weighted by atomic mass is 15.0. The Balaban J connectivity index is 1.33. The Morgan fingerprint density at radius 1 is 0.596 bits per heavy atom. The van der Waals surface area contributed by atoms with Crippen molar-refractivity contribution >= 4 is 38.8 Å². The van der Waals surface area contributed by atoms with E-state index in [0.717, 1.165) is 66.8 Å². The Bertz CT molecular complexity index is 2540. The monoisotopic (exact) mass is 599 g/mol. The molecule has 0 aliphatic heterocycles. The van der Waals surface area contributed by atoms with E-state index in [1.807, 2.05) is 43.3 Å². The van der Waals surface area contributed by atoms with Crippen LogP contribution in [0.25, 0.3) is 72.4 Å². The highest BCUT2D eigenvalue weighted by Gasteiger charge is 2.20. The Morgan fingerprint density at radius 3 is 1.79 bits per heavy atom. The van der Waals surface area contributed by atoms with Crippen molar-refractivity contribution in [3.63, 3.8) is 0 Å². The molecule has 0 radical (unpaired) electrons. The van der Waals surface area contributed by atoms with E-state index in [1.165, 1.54) is 10.8 Å². The molecule has 0 amide bonds. The van der Waals surface area contributed by atoms with Crippen molar-refractivity contribution in [2.75, 3.05) is 0 Å². The van der Waals surface area contributed by atoms with E-state index in [9.17, 15) is 5.26 Å². The van der Waals surface area contributed by atoms with Gasteiger partial charge in [-0.15, -0.1) is 6.42 Å². The summed E-state index contributed by atoms with van der Waals surface area (Å²) in [6, 6.07) is 50.7. The minimum atomic E-state index is 0.630. The molecule has 0 fully saturated rings. The molecule has 0 bridgehead atoms. The molecular weight excluding hydrogens is 571 g/mol. The van der Waals surface area contributed by atoms with Gasteiger partial charge in [0, 0.05) is 27.4 Å². The first-order valence-electron chi connectivity index (χ1n) is 15.7. The predicted octanol–water partition coefficient (Wildman–Crippen LogP) is 10.9. The Morgan fingerprint density at radius 2 is 1.17 bits per heavy atom. The molecular formula is C44H29N3. The number of para-hydroxylation sites is 3. The number of nitriles is 1. The van der Waals surface area contributed by atoms with Gasteiger partial charge in [0.2, 0.25) is 0 Å². The minimum absolute atomic E-state index is 0.630. The maximum absolute atomic E-state index is 10.4. The van der Waals surface area contributed by atoms with Crippen LogP contribution >= 0.6 is 0 Å². The zero-order chi connectivity index (χ0) is 31.9. The largest absolute Gasteiger partial charge is 0.309 e. The van der Waals surface area contributed by atoms with E-state index in [0.29, 0.717) is 5.56 Å². The van der Waals surface area contributed by atoms with Gasteiger partial charge in [0.1, 0.15) is 0 Å². The van der Waals surface area contributed by atoms with Crippen LogP contribution in [-0.2, 0) is 0 Å². The van der Waals surface area contributed by atoms with Crippen molar-refractivity contribution in [2.45, 2.75) is 6.92 Å². The maximum atomic E-state index is 10.4. The van der Waals surface area contributed by atoms with Crippen LogP contribution in [0.15, 0.2) is 146 Å². The van der Waals surface area contributed by atoms with E-state index in [-0.39, 0.29) is 0 Å². The van der Waals surface area contributed by atoms with Crippen LogP contribution in [0.3, 0.4) is 0 Å². The molecule has 8 rings (SSSR count). The fraction of sp³-hybridized carbons (Fsp3) is 0.0227. The summed E-state index contributed by atoms with van der Waals surface area (Å²) in [5.74, 6) is 2.93. The SMILES string of the molecule is C#Cc1c(/C=C\C)n(-c2ccc(-c3ccccc3-c3c(C#N)cccc3-n3c4ccccc4c4ccccc43)cc2)c2ccccc12. The normalized spacial score (nSPS) is 11.4. The number of benzene rings is 6. The molecule has 0 atom stereocenters. The van der Waals surface area contributed by atoms with Crippen molar-refractivity contribution in [3.05, 3.63) is 162 Å². The molecule has 3 heteroatoms. The fourth-order valence-corrected chi connectivity index (χ4v) is 7.03. The second-order valence-electron chi connectivity index (χ2n) is 11.5. The first-order chi connectivity index (χ1) is 23.2. The number of allylic oxidation sites excluding steroid dienone is 1. The molecule has 47 heavy (non-hydrogen) atoms. The molecule has 2 aromatic heterocycles. The van der Waals surface area contributed by atoms with Gasteiger partial charge in [-0.05, 0) is 72.2 Å². The van der Waals surface area contributed by atoms with Gasteiger partial charge in [-0.2, -0.15) is 5.26 Å². The zero-order valence-corrected chi connectivity index (χ0v) is 25.9.